The van der Waals surface area contributed by atoms with E-state index in [1.54, 1.807) is 6.08 Å². The van der Waals surface area contributed by atoms with E-state index in [0.717, 1.165) is 51.4 Å². The number of amides is 1. The Balaban J connectivity index is 3.37. The fourth-order valence-electron chi connectivity index (χ4n) is 11.1. The third kappa shape index (κ3) is 65.0. The van der Waals surface area contributed by atoms with Crippen LogP contribution in [0.4, 0.5) is 0 Å². The third-order valence-electron chi connectivity index (χ3n) is 16.6. The number of rotatable bonds is 67. The van der Waals surface area contributed by atoms with E-state index in [0.29, 0.717) is 19.4 Å². The van der Waals surface area contributed by atoms with E-state index in [1.807, 2.05) is 6.08 Å². The Kier molecular flexibility index (Phi) is 67.4. The van der Waals surface area contributed by atoms with Gasteiger partial charge < -0.3 is 20.3 Å². The summed E-state index contributed by atoms with van der Waals surface area (Å²) in [4.78, 5) is 24.5. The molecule has 6 heteroatoms. The maximum atomic E-state index is 12.5. The van der Waals surface area contributed by atoms with Crippen LogP contribution >= 0.6 is 0 Å². The predicted octanol–water partition coefficient (Wildman–Crippen LogP) is 23.3. The van der Waals surface area contributed by atoms with Gasteiger partial charge in [-0.1, -0.05) is 332 Å². The SMILES string of the molecule is CCCCCC/C=C\CCCCCCCC(=O)OCCCCCCCCCCCCCCC/C=C\C/C=C\CCCCCCCCCCCCCCCCCCCC(=O)NC(CO)C(O)/C=C/CCCCCCCCCCCCC. The summed E-state index contributed by atoms with van der Waals surface area (Å²) in [5, 5.41) is 23.1. The highest BCUT2D eigenvalue weighted by molar-refractivity contribution is 5.76. The summed E-state index contributed by atoms with van der Waals surface area (Å²) < 4.78 is 5.48. The van der Waals surface area contributed by atoms with Crippen molar-refractivity contribution in [2.24, 2.45) is 0 Å². The number of unbranched alkanes of at least 4 members (excludes halogenated alkanes) is 50. The summed E-state index contributed by atoms with van der Waals surface area (Å²) in [5.41, 5.74) is 0. The summed E-state index contributed by atoms with van der Waals surface area (Å²) >= 11 is 0. The van der Waals surface area contributed by atoms with Gasteiger partial charge in [0.1, 0.15) is 0 Å². The number of allylic oxidation sites excluding steroid dienone is 7. The van der Waals surface area contributed by atoms with Crippen LogP contribution in [0.3, 0.4) is 0 Å². The number of aliphatic hydroxyl groups is 2. The zero-order chi connectivity index (χ0) is 57.8. The number of ether oxygens (including phenoxy) is 1. The van der Waals surface area contributed by atoms with Gasteiger partial charge in [0.25, 0.3) is 0 Å². The molecule has 0 aliphatic rings. The lowest BCUT2D eigenvalue weighted by atomic mass is 10.0. The summed E-state index contributed by atoms with van der Waals surface area (Å²) in [7, 11) is 0. The fourth-order valence-corrected chi connectivity index (χ4v) is 11.1. The van der Waals surface area contributed by atoms with Gasteiger partial charge in [-0.15, -0.1) is 0 Å². The highest BCUT2D eigenvalue weighted by atomic mass is 16.5. The van der Waals surface area contributed by atoms with E-state index < -0.39 is 12.1 Å². The number of hydrogen-bond donors (Lipinski definition) is 3. The molecule has 1 amide bonds. The minimum absolute atomic E-state index is 0.00927. The van der Waals surface area contributed by atoms with Crippen molar-refractivity contribution in [1.82, 2.24) is 5.32 Å². The lowest BCUT2D eigenvalue weighted by molar-refractivity contribution is -0.143. The minimum Gasteiger partial charge on any atom is -0.466 e. The number of nitrogens with one attached hydrogen (secondary N) is 1. The van der Waals surface area contributed by atoms with Gasteiger partial charge in [0.05, 0.1) is 25.4 Å². The number of hydrogen-bond acceptors (Lipinski definition) is 5. The normalized spacial score (nSPS) is 12.8. The largest absolute Gasteiger partial charge is 0.466 e. The third-order valence-corrected chi connectivity index (χ3v) is 16.6. The molecule has 0 aromatic heterocycles. The maximum absolute atomic E-state index is 12.5. The van der Waals surface area contributed by atoms with Gasteiger partial charge in [-0.3, -0.25) is 9.59 Å². The summed E-state index contributed by atoms with van der Waals surface area (Å²) in [6.07, 6.45) is 90.7. The van der Waals surface area contributed by atoms with Crippen LogP contribution in [0.25, 0.3) is 0 Å². The van der Waals surface area contributed by atoms with Gasteiger partial charge in [-0.25, -0.2) is 0 Å². The molecule has 2 unspecified atom stereocenters. The molecule has 470 valence electrons. The van der Waals surface area contributed by atoms with E-state index >= 15 is 0 Å². The number of esters is 1. The molecule has 3 N–H and O–H groups in total. The van der Waals surface area contributed by atoms with Gasteiger partial charge in [0.2, 0.25) is 5.91 Å². The van der Waals surface area contributed by atoms with Crippen LogP contribution in [0.5, 0.6) is 0 Å². The van der Waals surface area contributed by atoms with Crippen LogP contribution in [0.1, 0.15) is 386 Å². The van der Waals surface area contributed by atoms with E-state index in [4.69, 9.17) is 4.74 Å². The van der Waals surface area contributed by atoms with Crippen molar-refractivity contribution in [1.29, 1.82) is 0 Å². The Labute approximate surface area is 499 Å². The van der Waals surface area contributed by atoms with Crippen molar-refractivity contribution in [2.75, 3.05) is 13.2 Å². The molecular formula is C74H139NO5. The first-order chi connectivity index (χ1) is 39.5. The second-order valence-corrected chi connectivity index (χ2v) is 24.6. The van der Waals surface area contributed by atoms with Gasteiger partial charge in [0.15, 0.2) is 0 Å². The monoisotopic (exact) mass is 1120 g/mol. The van der Waals surface area contributed by atoms with Crippen LogP contribution < -0.4 is 5.32 Å². The zero-order valence-electron chi connectivity index (χ0n) is 53.8. The van der Waals surface area contributed by atoms with Crippen LogP contribution in [-0.2, 0) is 14.3 Å². The van der Waals surface area contributed by atoms with Gasteiger partial charge >= 0.3 is 5.97 Å². The maximum Gasteiger partial charge on any atom is 0.305 e. The molecule has 0 saturated carbocycles. The molecule has 2 atom stereocenters. The van der Waals surface area contributed by atoms with Gasteiger partial charge in [0, 0.05) is 12.8 Å². The lowest BCUT2D eigenvalue weighted by Crippen LogP contribution is -2.45. The van der Waals surface area contributed by atoms with Crippen LogP contribution in [0.15, 0.2) is 48.6 Å². The second kappa shape index (κ2) is 69.3. The van der Waals surface area contributed by atoms with Crippen molar-refractivity contribution >= 4 is 11.9 Å². The van der Waals surface area contributed by atoms with Crippen LogP contribution in [0.2, 0.25) is 0 Å². The molecule has 0 aliphatic heterocycles. The van der Waals surface area contributed by atoms with Crippen molar-refractivity contribution in [2.45, 2.75) is 398 Å². The first kappa shape index (κ1) is 77.8. The van der Waals surface area contributed by atoms with Crippen molar-refractivity contribution < 1.29 is 24.5 Å². The summed E-state index contributed by atoms with van der Waals surface area (Å²) in [6.45, 7) is 4.90. The highest BCUT2D eigenvalue weighted by Gasteiger charge is 2.18. The van der Waals surface area contributed by atoms with Crippen molar-refractivity contribution in [3.8, 4) is 0 Å². The van der Waals surface area contributed by atoms with Crippen molar-refractivity contribution in [3.63, 3.8) is 0 Å². The Bertz CT molecular complexity index is 1340. The average Bonchev–Trinajstić information content (AvgIpc) is 3.46. The molecule has 0 rings (SSSR count). The molecule has 0 aromatic rings. The number of aliphatic hydroxyl groups excluding tert-OH is 2. The minimum atomic E-state index is -0.842. The van der Waals surface area contributed by atoms with Crippen molar-refractivity contribution in [3.05, 3.63) is 48.6 Å². The molecule has 0 saturated heterocycles. The molecule has 0 heterocycles. The van der Waals surface area contributed by atoms with E-state index in [9.17, 15) is 19.8 Å². The molecule has 0 fully saturated rings. The van der Waals surface area contributed by atoms with Gasteiger partial charge in [-0.05, 0) is 89.9 Å². The van der Waals surface area contributed by atoms with Crippen LogP contribution in [-0.4, -0.2) is 47.4 Å². The molecule has 0 aliphatic carbocycles. The lowest BCUT2D eigenvalue weighted by Gasteiger charge is -2.20. The topological polar surface area (TPSA) is 95.9 Å². The Morgan fingerprint density at radius 3 is 0.975 bits per heavy atom. The molecular weight excluding hydrogens is 983 g/mol. The van der Waals surface area contributed by atoms with E-state index in [2.05, 4.69) is 55.6 Å². The predicted molar refractivity (Wildman–Crippen MR) is 352 cm³/mol. The fraction of sp³-hybridized carbons (Fsp3) is 0.865. The zero-order valence-corrected chi connectivity index (χ0v) is 53.8. The second-order valence-electron chi connectivity index (χ2n) is 24.6. The summed E-state index contributed by atoms with van der Waals surface area (Å²) in [5.74, 6) is -0.0550. The number of carbonyl (C=O) groups excluding carboxylic acids is 2. The standard InChI is InChI=1S/C74H139NO5/c1-3-5-7-9-11-13-15-42-46-50-54-58-62-66-72(77)71(70-76)75-73(78)67-63-59-55-51-47-44-40-38-36-34-32-30-28-26-24-22-20-18-17-19-21-23-25-27-29-31-33-35-37-39-41-45-49-53-57-61-65-69-80-74(79)68-64-60-56-52-48-43-16-14-12-10-8-6-4-2/h14,16-17,19,23,25,62,66,71-72,76-77H,3-13,15,18,20-22,24,26-61,63-65,67-70H2,1-2H3,(H,75,78)/b16-14-,19-17-,25-23-,66-62+. The molecule has 6 nitrogen and oxygen atoms in total. The summed E-state index contributed by atoms with van der Waals surface area (Å²) in [6, 6.07) is -0.625. The quantitative estimate of drug-likeness (QED) is 0.0320. The average molecular weight is 1120 g/mol. The molecule has 0 spiro atoms. The van der Waals surface area contributed by atoms with Gasteiger partial charge in [-0.2, -0.15) is 0 Å². The molecule has 0 aromatic carbocycles. The Hall–Kier alpha value is -2.18. The molecule has 0 radical (unpaired) electrons. The van der Waals surface area contributed by atoms with E-state index in [1.165, 1.54) is 308 Å². The smallest absolute Gasteiger partial charge is 0.305 e. The highest BCUT2D eigenvalue weighted by Crippen LogP contribution is 2.18. The molecule has 0 bridgehead atoms. The number of carbonyl (C=O) groups is 2. The Morgan fingerprint density at radius 1 is 0.350 bits per heavy atom. The Morgan fingerprint density at radius 2 is 0.625 bits per heavy atom. The first-order valence-corrected chi connectivity index (χ1v) is 35.9. The molecule has 80 heavy (non-hydrogen) atoms. The van der Waals surface area contributed by atoms with E-state index in [-0.39, 0.29) is 18.5 Å². The first-order valence-electron chi connectivity index (χ1n) is 35.9. The van der Waals surface area contributed by atoms with Crippen LogP contribution in [0, 0.1) is 0 Å².